The Morgan fingerprint density at radius 1 is 1.24 bits per heavy atom. The van der Waals surface area contributed by atoms with Gasteiger partial charge < -0.3 is 4.42 Å². The second kappa shape index (κ2) is 6.18. The lowest BCUT2D eigenvalue weighted by Gasteiger charge is -2.27. The summed E-state index contributed by atoms with van der Waals surface area (Å²) >= 11 is 5.71. The molecule has 0 bridgehead atoms. The second-order valence-corrected chi connectivity index (χ2v) is 7.01. The Labute approximate surface area is 126 Å². The molecule has 0 aliphatic rings. The lowest BCUT2D eigenvalue weighted by atomic mass is 10.3. The molecule has 0 spiro atoms. The summed E-state index contributed by atoms with van der Waals surface area (Å²) in [5.41, 5.74) is 0.196. The summed E-state index contributed by atoms with van der Waals surface area (Å²) < 4.78 is 68.7. The van der Waals surface area contributed by atoms with E-state index >= 15 is 0 Å². The molecule has 4 nitrogen and oxygen atoms in total. The molecule has 1 aromatic rings. The summed E-state index contributed by atoms with van der Waals surface area (Å²) in [5, 5.41) is 0. The van der Waals surface area contributed by atoms with E-state index in [1.807, 2.05) is 0 Å². The number of aryl methyl sites for hydroxylation is 2. The molecule has 0 radical (unpaired) electrons. The molecule has 0 saturated carbocycles. The number of alkyl halides is 4. The predicted octanol–water partition coefficient (Wildman–Crippen LogP) is 3.60. The SMILES string of the molecule is Cc1oc(C)c(S(=O)(=O)N(CC(F)(F)F)C(C)C)c1CCl. The molecule has 122 valence electrons. The topological polar surface area (TPSA) is 50.5 Å². The van der Waals surface area contributed by atoms with Crippen LogP contribution in [0.1, 0.15) is 30.9 Å². The van der Waals surface area contributed by atoms with Gasteiger partial charge in [0.1, 0.15) is 23.0 Å². The first-order valence-corrected chi connectivity index (χ1v) is 8.12. The van der Waals surface area contributed by atoms with Crippen molar-refractivity contribution in [3.63, 3.8) is 0 Å². The van der Waals surface area contributed by atoms with Crippen molar-refractivity contribution < 1.29 is 26.0 Å². The first-order chi connectivity index (χ1) is 9.41. The Kier molecular flexibility index (Phi) is 5.39. The average molecular weight is 348 g/mol. The van der Waals surface area contributed by atoms with Gasteiger partial charge in [0, 0.05) is 11.6 Å². The maximum Gasteiger partial charge on any atom is 0.402 e. The van der Waals surface area contributed by atoms with Gasteiger partial charge in [-0.1, -0.05) is 0 Å². The summed E-state index contributed by atoms with van der Waals surface area (Å²) in [6.07, 6.45) is -4.63. The van der Waals surface area contributed by atoms with Crippen LogP contribution >= 0.6 is 11.6 Å². The van der Waals surface area contributed by atoms with Gasteiger partial charge in [0.15, 0.2) is 0 Å². The quantitative estimate of drug-likeness (QED) is 0.765. The Balaban J connectivity index is 3.44. The van der Waals surface area contributed by atoms with Crippen LogP contribution in [0.25, 0.3) is 0 Å². The van der Waals surface area contributed by atoms with Gasteiger partial charge in [-0.2, -0.15) is 17.5 Å². The zero-order valence-corrected chi connectivity index (χ0v) is 13.7. The Bertz CT molecular complexity index is 608. The lowest BCUT2D eigenvalue weighted by Crippen LogP contribution is -2.43. The monoisotopic (exact) mass is 347 g/mol. The molecule has 0 aliphatic carbocycles. The summed E-state index contributed by atoms with van der Waals surface area (Å²) in [5.74, 6) is 0.170. The number of hydrogen-bond acceptors (Lipinski definition) is 3. The van der Waals surface area contributed by atoms with E-state index in [9.17, 15) is 21.6 Å². The van der Waals surface area contributed by atoms with E-state index in [-0.39, 0.29) is 27.9 Å². The maximum atomic E-state index is 12.6. The van der Waals surface area contributed by atoms with Crippen LogP contribution in [0.2, 0.25) is 0 Å². The summed E-state index contributed by atoms with van der Waals surface area (Å²) in [6, 6.07) is -0.852. The predicted molar refractivity (Wildman–Crippen MR) is 72.8 cm³/mol. The minimum Gasteiger partial charge on any atom is -0.465 e. The van der Waals surface area contributed by atoms with E-state index in [2.05, 4.69) is 0 Å². The molecular weight excluding hydrogens is 331 g/mol. The van der Waals surface area contributed by atoms with Crippen molar-refractivity contribution in [1.29, 1.82) is 0 Å². The van der Waals surface area contributed by atoms with Crippen molar-refractivity contribution in [1.82, 2.24) is 4.31 Å². The third kappa shape index (κ3) is 3.92. The molecule has 9 heteroatoms. The fraction of sp³-hybridized carbons (Fsp3) is 0.667. The zero-order valence-electron chi connectivity index (χ0n) is 12.1. The van der Waals surface area contributed by atoms with Gasteiger partial charge in [-0.15, -0.1) is 11.6 Å². The fourth-order valence-corrected chi connectivity index (χ4v) is 4.48. The van der Waals surface area contributed by atoms with E-state index in [0.29, 0.717) is 4.31 Å². The molecule has 0 amide bonds. The van der Waals surface area contributed by atoms with E-state index in [1.54, 1.807) is 0 Å². The van der Waals surface area contributed by atoms with Gasteiger partial charge in [0.05, 0.1) is 5.88 Å². The molecule has 0 aromatic carbocycles. The van der Waals surface area contributed by atoms with Gasteiger partial charge in [-0.05, 0) is 27.7 Å². The molecule has 0 N–H and O–H groups in total. The van der Waals surface area contributed by atoms with Crippen molar-refractivity contribution in [3.05, 3.63) is 17.1 Å². The number of halogens is 4. The van der Waals surface area contributed by atoms with Crippen molar-refractivity contribution in [3.8, 4) is 0 Å². The lowest BCUT2D eigenvalue weighted by molar-refractivity contribution is -0.138. The van der Waals surface area contributed by atoms with Crippen LogP contribution in [0.5, 0.6) is 0 Å². The van der Waals surface area contributed by atoms with Crippen LogP contribution in [0.15, 0.2) is 9.31 Å². The molecule has 21 heavy (non-hydrogen) atoms. The van der Waals surface area contributed by atoms with Crippen LogP contribution in [0, 0.1) is 13.8 Å². The van der Waals surface area contributed by atoms with Crippen LogP contribution in [0.4, 0.5) is 13.2 Å². The largest absolute Gasteiger partial charge is 0.465 e. The third-order valence-corrected chi connectivity index (χ3v) is 5.42. The highest BCUT2D eigenvalue weighted by molar-refractivity contribution is 7.89. The Morgan fingerprint density at radius 3 is 2.14 bits per heavy atom. The van der Waals surface area contributed by atoms with Gasteiger partial charge in [-0.3, -0.25) is 0 Å². The standard InChI is InChI=1S/C12H17ClF3NO3S/c1-7(2)17(6-12(14,15)16)21(18,19)11-9(4)20-8(3)10(11)5-13/h7H,5-6H2,1-4H3. The molecule has 0 aliphatic heterocycles. The highest BCUT2D eigenvalue weighted by Crippen LogP contribution is 2.32. The number of furan rings is 1. The third-order valence-electron chi connectivity index (χ3n) is 2.94. The average Bonchev–Trinajstić information content (AvgIpc) is 2.59. The zero-order chi connectivity index (χ0) is 16.6. The van der Waals surface area contributed by atoms with Crippen molar-refractivity contribution in [2.24, 2.45) is 0 Å². The maximum absolute atomic E-state index is 12.6. The number of nitrogens with zero attached hydrogens (tertiary/aromatic N) is 1. The second-order valence-electron chi connectivity index (χ2n) is 4.91. The minimum absolute atomic E-state index is 0.0379. The summed E-state index contributed by atoms with van der Waals surface area (Å²) in [7, 11) is -4.35. The molecular formula is C12H17ClF3NO3S. The molecule has 1 heterocycles. The van der Waals surface area contributed by atoms with E-state index in [4.69, 9.17) is 16.0 Å². The van der Waals surface area contributed by atoms with Gasteiger partial charge in [-0.25, -0.2) is 8.42 Å². The highest BCUT2D eigenvalue weighted by Gasteiger charge is 2.41. The number of sulfonamides is 1. The van der Waals surface area contributed by atoms with Crippen LogP contribution < -0.4 is 0 Å². The van der Waals surface area contributed by atoms with Crippen molar-refractivity contribution in [2.45, 2.75) is 50.7 Å². The Hall–Kier alpha value is -0.730. The van der Waals surface area contributed by atoms with E-state index < -0.39 is 28.8 Å². The Morgan fingerprint density at radius 2 is 1.76 bits per heavy atom. The van der Waals surface area contributed by atoms with Crippen molar-refractivity contribution in [2.75, 3.05) is 6.54 Å². The molecule has 1 aromatic heterocycles. The minimum atomic E-state index is -4.63. The van der Waals surface area contributed by atoms with Crippen LogP contribution in [-0.4, -0.2) is 31.5 Å². The molecule has 0 fully saturated rings. The van der Waals surface area contributed by atoms with Crippen LogP contribution in [0.3, 0.4) is 0 Å². The number of rotatable bonds is 5. The first-order valence-electron chi connectivity index (χ1n) is 6.15. The van der Waals surface area contributed by atoms with Crippen molar-refractivity contribution >= 4 is 21.6 Å². The fourth-order valence-electron chi connectivity index (χ4n) is 2.04. The molecule has 0 saturated heterocycles. The van der Waals surface area contributed by atoms with Gasteiger partial charge in [0.25, 0.3) is 0 Å². The van der Waals surface area contributed by atoms with Crippen LogP contribution in [-0.2, 0) is 15.9 Å². The molecule has 0 atom stereocenters. The molecule has 0 unspecified atom stereocenters. The first kappa shape index (κ1) is 18.3. The van der Waals surface area contributed by atoms with E-state index in [1.165, 1.54) is 27.7 Å². The molecule has 1 rings (SSSR count). The normalized spacial score (nSPS) is 13.4. The summed E-state index contributed by atoms with van der Waals surface area (Å²) in [4.78, 5) is -0.270. The summed E-state index contributed by atoms with van der Waals surface area (Å²) in [6.45, 7) is 4.12. The number of hydrogen-bond donors (Lipinski definition) is 0. The van der Waals surface area contributed by atoms with E-state index in [0.717, 1.165) is 0 Å². The van der Waals surface area contributed by atoms with Gasteiger partial charge in [0.2, 0.25) is 10.0 Å². The van der Waals surface area contributed by atoms with Gasteiger partial charge >= 0.3 is 6.18 Å². The smallest absolute Gasteiger partial charge is 0.402 e. The highest BCUT2D eigenvalue weighted by atomic mass is 35.5.